The van der Waals surface area contributed by atoms with Crippen LogP contribution < -0.4 is 5.59 Å². The van der Waals surface area contributed by atoms with Crippen molar-refractivity contribution in [2.24, 2.45) is 0 Å². The van der Waals surface area contributed by atoms with Crippen LogP contribution in [-0.2, 0) is 0 Å². The Morgan fingerprint density at radius 3 is 2.00 bits per heavy atom. The van der Waals surface area contributed by atoms with Gasteiger partial charge in [0, 0.05) is 11.7 Å². The van der Waals surface area contributed by atoms with Crippen LogP contribution in [0.5, 0.6) is 0 Å². The van der Waals surface area contributed by atoms with Crippen LogP contribution in [0.4, 0.5) is 0 Å². The van der Waals surface area contributed by atoms with Gasteiger partial charge in [-0.3, -0.25) is 0 Å². The molecule has 2 aromatic rings. The van der Waals surface area contributed by atoms with E-state index in [1.54, 1.807) is 5.59 Å². The van der Waals surface area contributed by atoms with Crippen LogP contribution in [0.15, 0.2) is 30.3 Å². The number of benzene rings is 1. The zero-order chi connectivity index (χ0) is 15.0. The first-order valence-electron chi connectivity index (χ1n) is 8.21. The topological polar surface area (TPSA) is 4.93 Å². The van der Waals surface area contributed by atoms with Gasteiger partial charge in [-0.05, 0) is 11.5 Å². The summed E-state index contributed by atoms with van der Waals surface area (Å²) in [6, 6.07) is 11.4. The number of nitrogens with zero attached hydrogens (tertiary/aromatic N) is 1. The van der Waals surface area contributed by atoms with Crippen molar-refractivity contribution >= 4 is 30.9 Å². The third-order valence-electron chi connectivity index (χ3n) is 5.38. The van der Waals surface area contributed by atoms with E-state index in [9.17, 15) is 0 Å². The fraction of sp³-hybridized carbons (Fsp3) is 0.529. The van der Waals surface area contributed by atoms with E-state index in [0.717, 1.165) is 0 Å². The molecule has 0 bridgehead atoms. The second-order valence-corrected chi connectivity index (χ2v) is 12.1. The maximum atomic E-state index is 2.73. The van der Waals surface area contributed by atoms with E-state index >= 15 is 0 Å². The van der Waals surface area contributed by atoms with E-state index in [0.29, 0.717) is 0 Å². The molecule has 3 heteroatoms. The molecular formula is C17H29BNSi-. The van der Waals surface area contributed by atoms with E-state index in [1.165, 1.54) is 29.9 Å². The standard InChI is InChI=1S/C17H29BNSi/c1-7-18(8-2,9-3)17-14-15-12-10-11-13-16(15)19(17)20(4,5)6/h10-14H,7-9H2,1-6H3/q-1. The van der Waals surface area contributed by atoms with Crippen molar-refractivity contribution in [1.29, 1.82) is 0 Å². The van der Waals surface area contributed by atoms with Crippen LogP contribution in [0.3, 0.4) is 0 Å². The summed E-state index contributed by atoms with van der Waals surface area (Å²) in [5, 5.41) is 1.42. The molecule has 0 aliphatic heterocycles. The van der Waals surface area contributed by atoms with Gasteiger partial charge in [-0.15, -0.1) is 0 Å². The first kappa shape index (κ1) is 15.4. The summed E-state index contributed by atoms with van der Waals surface area (Å²) in [4.78, 5) is 0. The van der Waals surface area contributed by atoms with Crippen molar-refractivity contribution in [3.8, 4) is 0 Å². The lowest BCUT2D eigenvalue weighted by Gasteiger charge is -2.41. The van der Waals surface area contributed by atoms with Crippen LogP contribution in [0.2, 0.25) is 38.6 Å². The third kappa shape index (κ3) is 2.37. The molecular weight excluding hydrogens is 257 g/mol. The quantitative estimate of drug-likeness (QED) is 0.679. The van der Waals surface area contributed by atoms with Gasteiger partial charge >= 0.3 is 0 Å². The molecule has 0 aliphatic carbocycles. The fourth-order valence-corrected chi connectivity index (χ4v) is 5.91. The average Bonchev–Trinajstić information content (AvgIpc) is 2.81. The molecule has 1 aromatic carbocycles. The highest BCUT2D eigenvalue weighted by Crippen LogP contribution is 2.27. The van der Waals surface area contributed by atoms with Gasteiger partial charge in [0.15, 0.2) is 0 Å². The SMILES string of the molecule is CC[B-](CC)(CC)c1cc2ccccc2n1[Si](C)(C)C. The number of para-hydroxylation sites is 1. The minimum absolute atomic E-state index is 0.417. The maximum absolute atomic E-state index is 2.73. The Labute approximate surface area is 125 Å². The Hall–Kier alpha value is -0.958. The van der Waals surface area contributed by atoms with Gasteiger partial charge < -0.3 is 4.23 Å². The number of hydrogen-bond donors (Lipinski definition) is 0. The molecule has 110 valence electrons. The van der Waals surface area contributed by atoms with Gasteiger partial charge in [0.25, 0.3) is 0 Å². The lowest BCUT2D eigenvalue weighted by molar-refractivity contribution is 1.15. The summed E-state index contributed by atoms with van der Waals surface area (Å²) in [6.45, 7) is 14.5. The highest BCUT2D eigenvalue weighted by molar-refractivity contribution is 6.93. The Bertz CT molecular complexity index is 582. The van der Waals surface area contributed by atoms with E-state index in [4.69, 9.17) is 0 Å². The maximum Gasteiger partial charge on any atom is 0.148 e. The summed E-state index contributed by atoms with van der Waals surface area (Å²) in [7, 11) is -1.42. The molecule has 0 N–H and O–H groups in total. The van der Waals surface area contributed by atoms with Crippen molar-refractivity contribution in [1.82, 2.24) is 4.23 Å². The molecule has 0 unspecified atom stereocenters. The Kier molecular flexibility index (Phi) is 4.20. The number of rotatable bonds is 5. The lowest BCUT2D eigenvalue weighted by atomic mass is 9.19. The molecule has 1 aromatic heterocycles. The molecule has 2 rings (SSSR count). The summed E-state index contributed by atoms with van der Waals surface area (Å²) in [5.74, 6) is 0. The van der Waals surface area contributed by atoms with E-state index < -0.39 is 14.4 Å². The van der Waals surface area contributed by atoms with Gasteiger partial charge in [-0.2, -0.15) is 24.6 Å². The number of fused-ring (bicyclic) bond motifs is 1. The van der Waals surface area contributed by atoms with Crippen molar-refractivity contribution in [3.05, 3.63) is 30.3 Å². The predicted molar refractivity (Wildman–Crippen MR) is 97.5 cm³/mol. The zero-order valence-corrected chi connectivity index (χ0v) is 15.0. The van der Waals surface area contributed by atoms with E-state index in [2.05, 4.69) is 75.0 Å². The summed E-state index contributed by atoms with van der Waals surface area (Å²) < 4.78 is 2.73. The lowest BCUT2D eigenvalue weighted by Crippen LogP contribution is -2.54. The summed E-state index contributed by atoms with van der Waals surface area (Å²) in [6.07, 6.45) is 3.44. The predicted octanol–water partition coefficient (Wildman–Crippen LogP) is 5.04. The van der Waals surface area contributed by atoms with Crippen LogP contribution in [0.25, 0.3) is 10.9 Å². The van der Waals surface area contributed by atoms with Crippen LogP contribution in [-0.4, -0.2) is 18.6 Å². The van der Waals surface area contributed by atoms with E-state index in [-0.39, 0.29) is 0 Å². The number of aromatic nitrogens is 1. The molecule has 0 amide bonds. The minimum Gasteiger partial charge on any atom is -0.408 e. The molecule has 0 saturated carbocycles. The fourth-order valence-electron chi connectivity index (χ4n) is 3.87. The normalized spacial score (nSPS) is 13.1. The zero-order valence-electron chi connectivity index (χ0n) is 14.0. The Balaban J connectivity index is 2.82. The van der Waals surface area contributed by atoms with Crippen molar-refractivity contribution in [2.45, 2.75) is 59.4 Å². The van der Waals surface area contributed by atoms with Gasteiger partial charge in [-0.25, -0.2) is 0 Å². The molecule has 0 atom stereocenters. The molecule has 20 heavy (non-hydrogen) atoms. The minimum atomic E-state index is -1.42. The molecule has 1 heterocycles. The summed E-state index contributed by atoms with van der Waals surface area (Å²) in [5.41, 5.74) is 3.08. The molecule has 0 fully saturated rings. The highest BCUT2D eigenvalue weighted by Gasteiger charge is 2.29. The second kappa shape index (κ2) is 5.44. The molecule has 0 radical (unpaired) electrons. The Morgan fingerprint density at radius 2 is 1.50 bits per heavy atom. The first-order chi connectivity index (χ1) is 9.39. The van der Waals surface area contributed by atoms with Crippen molar-refractivity contribution in [2.75, 3.05) is 0 Å². The second-order valence-electron chi connectivity index (χ2n) is 7.34. The smallest absolute Gasteiger partial charge is 0.148 e. The monoisotopic (exact) mass is 286 g/mol. The summed E-state index contributed by atoms with van der Waals surface area (Å²) >= 11 is 0. The molecule has 0 spiro atoms. The molecule has 0 saturated heterocycles. The van der Waals surface area contributed by atoms with Crippen molar-refractivity contribution in [3.63, 3.8) is 0 Å². The van der Waals surface area contributed by atoms with Crippen molar-refractivity contribution < 1.29 is 0 Å². The average molecular weight is 286 g/mol. The molecule has 0 aliphatic rings. The van der Waals surface area contributed by atoms with Gasteiger partial charge in [0.1, 0.15) is 8.24 Å². The number of hydrogen-bond acceptors (Lipinski definition) is 0. The largest absolute Gasteiger partial charge is 0.408 e. The van der Waals surface area contributed by atoms with Crippen LogP contribution >= 0.6 is 0 Å². The molecule has 1 nitrogen and oxygen atoms in total. The highest BCUT2D eigenvalue weighted by atomic mass is 28.3. The van der Waals surface area contributed by atoms with Gasteiger partial charge in [-0.1, -0.05) is 64.7 Å². The third-order valence-corrected chi connectivity index (χ3v) is 7.22. The van der Waals surface area contributed by atoms with Gasteiger partial charge in [0.05, 0.1) is 0 Å². The first-order valence-corrected chi connectivity index (χ1v) is 11.7. The van der Waals surface area contributed by atoms with E-state index in [1.807, 2.05) is 0 Å². The Morgan fingerprint density at radius 1 is 0.950 bits per heavy atom. The van der Waals surface area contributed by atoms with Gasteiger partial charge in [0.2, 0.25) is 0 Å². The van der Waals surface area contributed by atoms with Crippen LogP contribution in [0.1, 0.15) is 20.8 Å². The van der Waals surface area contributed by atoms with Crippen LogP contribution in [0, 0.1) is 0 Å².